The SMILES string of the molecule is Cc1c[c-]c(-c2nc3ncc(-c4ccccc4)cc3n2-c2ccccc2)c2sc3cc(-c4ccccc4)ccc3c12.[Ir].[c-]1ccccc1-c1ccccn1. The van der Waals surface area contributed by atoms with Crippen LogP contribution in [-0.2, 0) is 20.1 Å². The summed E-state index contributed by atoms with van der Waals surface area (Å²) < 4.78 is 4.69. The van der Waals surface area contributed by atoms with Gasteiger partial charge in [-0.15, -0.1) is 53.6 Å². The quantitative estimate of drug-likeness (QED) is 0.162. The molecule has 0 atom stereocenters. The van der Waals surface area contributed by atoms with E-state index in [0.29, 0.717) is 0 Å². The number of hydrogen-bond acceptors (Lipinski definition) is 4. The third-order valence-corrected chi connectivity index (χ3v) is 10.5. The van der Waals surface area contributed by atoms with Gasteiger partial charge in [-0.25, -0.2) is 4.98 Å². The molecule has 54 heavy (non-hydrogen) atoms. The van der Waals surface area contributed by atoms with E-state index in [1.54, 1.807) is 6.20 Å². The molecule has 0 bridgehead atoms. The number of pyridine rings is 2. The molecule has 0 saturated heterocycles. The Balaban J connectivity index is 0.000000271. The van der Waals surface area contributed by atoms with Gasteiger partial charge in [-0.3, -0.25) is 4.98 Å². The van der Waals surface area contributed by atoms with Gasteiger partial charge in [-0.1, -0.05) is 121 Å². The topological polar surface area (TPSA) is 43.6 Å². The van der Waals surface area contributed by atoms with Gasteiger partial charge in [0.05, 0.1) is 11.3 Å². The van der Waals surface area contributed by atoms with Crippen molar-refractivity contribution in [3.63, 3.8) is 0 Å². The maximum atomic E-state index is 5.14. The van der Waals surface area contributed by atoms with Crippen molar-refractivity contribution < 1.29 is 20.1 Å². The van der Waals surface area contributed by atoms with Crippen molar-refractivity contribution in [3.05, 3.63) is 194 Å². The standard InChI is InChI=1S/C37H24N3S.C11H8N.Ir/c1-24-17-19-31(35-34(24)30-20-18-27(22-33(30)41-35)25-11-5-2-6-12-25)37-39-36-32(40(37)29-15-9-4-10-16-29)21-28(23-38-36)26-13-7-3-8-14-26;1-2-6-10(7-3-1)11-8-4-5-9-12-11;/h2-18,20-23H,1H3;1-6,8-9H;/q2*-1;. The molecule has 10 rings (SSSR count). The summed E-state index contributed by atoms with van der Waals surface area (Å²) in [6, 6.07) is 62.9. The molecule has 0 spiro atoms. The molecule has 6 aromatic carbocycles. The van der Waals surface area contributed by atoms with Crippen molar-refractivity contribution in [1.29, 1.82) is 0 Å². The Bertz CT molecular complexity index is 2780. The van der Waals surface area contributed by atoms with Gasteiger partial charge >= 0.3 is 0 Å². The molecule has 0 aliphatic carbocycles. The van der Waals surface area contributed by atoms with Crippen LogP contribution in [0.4, 0.5) is 0 Å². The number of imidazole rings is 1. The van der Waals surface area contributed by atoms with Crippen molar-refractivity contribution in [3.8, 4) is 50.6 Å². The van der Waals surface area contributed by atoms with E-state index in [4.69, 9.17) is 9.97 Å². The van der Waals surface area contributed by atoms with Crippen LogP contribution in [0.5, 0.6) is 0 Å². The summed E-state index contributed by atoms with van der Waals surface area (Å²) in [7, 11) is 0. The maximum absolute atomic E-state index is 5.14. The molecule has 0 aliphatic heterocycles. The molecule has 4 heterocycles. The molecular weight excluding hydrogens is 857 g/mol. The summed E-state index contributed by atoms with van der Waals surface area (Å²) in [5, 5.41) is 2.53. The molecule has 4 nitrogen and oxygen atoms in total. The first kappa shape index (κ1) is 35.0. The fraction of sp³-hybridized carbons (Fsp3) is 0.0208. The van der Waals surface area contributed by atoms with Crippen molar-refractivity contribution in [2.24, 2.45) is 0 Å². The zero-order chi connectivity index (χ0) is 35.6. The fourth-order valence-corrected chi connectivity index (χ4v) is 8.10. The van der Waals surface area contributed by atoms with Gasteiger partial charge in [0.1, 0.15) is 0 Å². The first-order valence-electron chi connectivity index (χ1n) is 17.5. The Morgan fingerprint density at radius 1 is 0.630 bits per heavy atom. The van der Waals surface area contributed by atoms with E-state index in [-0.39, 0.29) is 20.1 Å². The van der Waals surface area contributed by atoms with E-state index in [9.17, 15) is 0 Å². The second-order valence-electron chi connectivity index (χ2n) is 12.8. The van der Waals surface area contributed by atoms with Crippen molar-refractivity contribution >= 4 is 42.7 Å². The molecule has 0 N–H and O–H groups in total. The molecule has 10 aromatic rings. The summed E-state index contributed by atoms with van der Waals surface area (Å²) in [6.07, 6.45) is 3.71. The molecule has 0 aliphatic rings. The predicted octanol–water partition coefficient (Wildman–Crippen LogP) is 12.4. The van der Waals surface area contributed by atoms with E-state index >= 15 is 0 Å². The number of hydrogen-bond donors (Lipinski definition) is 0. The third-order valence-electron chi connectivity index (χ3n) is 9.36. The van der Waals surface area contributed by atoms with Crippen LogP contribution in [0.1, 0.15) is 5.56 Å². The largest absolute Gasteiger partial charge is 0.332 e. The third kappa shape index (κ3) is 6.79. The Morgan fingerprint density at radius 2 is 1.33 bits per heavy atom. The number of nitrogens with zero attached hydrogens (tertiary/aromatic N) is 4. The monoisotopic (exact) mass is 889 g/mol. The summed E-state index contributed by atoms with van der Waals surface area (Å²) in [5.74, 6) is 0.851. The first-order valence-corrected chi connectivity index (χ1v) is 18.3. The minimum Gasteiger partial charge on any atom is -0.332 e. The summed E-state index contributed by atoms with van der Waals surface area (Å²) in [4.78, 5) is 14.2. The second kappa shape index (κ2) is 15.5. The van der Waals surface area contributed by atoms with Gasteiger partial charge in [0.2, 0.25) is 0 Å². The number of benzene rings is 6. The van der Waals surface area contributed by atoms with Crippen LogP contribution in [0, 0.1) is 19.1 Å². The van der Waals surface area contributed by atoms with Crippen LogP contribution < -0.4 is 0 Å². The number of thiophene rings is 1. The molecule has 0 saturated carbocycles. The average Bonchev–Trinajstić information content (AvgIpc) is 3.82. The number of aromatic nitrogens is 4. The molecule has 261 valence electrons. The van der Waals surface area contributed by atoms with Crippen LogP contribution in [0.3, 0.4) is 0 Å². The van der Waals surface area contributed by atoms with E-state index < -0.39 is 0 Å². The zero-order valence-corrected chi connectivity index (χ0v) is 32.5. The number of para-hydroxylation sites is 1. The molecule has 0 amide bonds. The Morgan fingerprint density at radius 3 is 2.04 bits per heavy atom. The molecule has 0 unspecified atom stereocenters. The molecular formula is C48H32IrN4S-2. The first-order chi connectivity index (χ1) is 26.2. The van der Waals surface area contributed by atoms with E-state index in [0.717, 1.165) is 50.6 Å². The van der Waals surface area contributed by atoms with E-state index in [2.05, 4.69) is 138 Å². The van der Waals surface area contributed by atoms with Gasteiger partial charge < -0.3 is 9.55 Å². The second-order valence-corrected chi connectivity index (χ2v) is 13.8. The van der Waals surface area contributed by atoms with Crippen LogP contribution in [-0.4, -0.2) is 19.5 Å². The normalized spacial score (nSPS) is 10.9. The van der Waals surface area contributed by atoms with Crippen molar-refractivity contribution in [1.82, 2.24) is 19.5 Å². The van der Waals surface area contributed by atoms with Crippen LogP contribution >= 0.6 is 11.3 Å². The van der Waals surface area contributed by atoms with Gasteiger partial charge in [0.25, 0.3) is 0 Å². The van der Waals surface area contributed by atoms with E-state index in [1.807, 2.05) is 72.1 Å². The van der Waals surface area contributed by atoms with E-state index in [1.165, 1.54) is 36.9 Å². The number of aryl methyl sites for hydroxylation is 1. The fourth-order valence-electron chi connectivity index (χ4n) is 6.79. The predicted molar refractivity (Wildman–Crippen MR) is 220 cm³/mol. The Kier molecular flexibility index (Phi) is 10.1. The van der Waals surface area contributed by atoms with Crippen LogP contribution in [0.15, 0.2) is 176 Å². The number of rotatable bonds is 5. The molecule has 4 aromatic heterocycles. The van der Waals surface area contributed by atoms with Crippen molar-refractivity contribution in [2.45, 2.75) is 6.92 Å². The minimum atomic E-state index is 0. The number of fused-ring (bicyclic) bond motifs is 4. The average molecular weight is 889 g/mol. The summed E-state index contributed by atoms with van der Waals surface area (Å²) in [5.41, 5.74) is 11.6. The van der Waals surface area contributed by atoms with Crippen LogP contribution in [0.2, 0.25) is 0 Å². The van der Waals surface area contributed by atoms with Gasteiger partial charge in [0.15, 0.2) is 5.65 Å². The molecule has 0 fully saturated rings. The molecule has 1 radical (unpaired) electrons. The summed E-state index contributed by atoms with van der Waals surface area (Å²) >= 11 is 1.81. The van der Waals surface area contributed by atoms with Crippen LogP contribution in [0.25, 0.3) is 81.9 Å². The van der Waals surface area contributed by atoms with Gasteiger partial charge in [-0.05, 0) is 62.8 Å². The zero-order valence-electron chi connectivity index (χ0n) is 29.3. The Hall–Kier alpha value is -6.04. The Labute approximate surface area is 331 Å². The molecule has 6 heteroatoms. The van der Waals surface area contributed by atoms with Gasteiger partial charge in [0, 0.05) is 48.4 Å². The summed E-state index contributed by atoms with van der Waals surface area (Å²) in [6.45, 7) is 2.17. The van der Waals surface area contributed by atoms with Gasteiger partial charge in [-0.2, -0.15) is 11.3 Å². The smallest absolute Gasteiger partial charge is 0.168 e. The van der Waals surface area contributed by atoms with Crippen molar-refractivity contribution in [2.75, 3.05) is 0 Å². The maximum Gasteiger partial charge on any atom is 0.168 e. The minimum absolute atomic E-state index is 0.